The van der Waals surface area contributed by atoms with Gasteiger partial charge in [-0.15, -0.1) is 0 Å². The van der Waals surface area contributed by atoms with E-state index >= 15 is 0 Å². The summed E-state index contributed by atoms with van der Waals surface area (Å²) in [7, 11) is 3.95. The zero-order chi connectivity index (χ0) is 19.9. The van der Waals surface area contributed by atoms with Gasteiger partial charge in [-0.3, -0.25) is 10.1 Å². The lowest BCUT2D eigenvalue weighted by molar-refractivity contribution is -0.115. The van der Waals surface area contributed by atoms with Crippen LogP contribution in [0.15, 0.2) is 77.2 Å². The molecule has 0 spiro atoms. The number of anilines is 2. The van der Waals surface area contributed by atoms with E-state index in [0.717, 1.165) is 22.7 Å². The Morgan fingerprint density at radius 2 is 1.71 bits per heavy atom. The van der Waals surface area contributed by atoms with Crippen molar-refractivity contribution >= 4 is 40.7 Å². The van der Waals surface area contributed by atoms with E-state index in [9.17, 15) is 4.79 Å². The fraction of sp³-hybridized carbons (Fsp3) is 0.0909. The molecule has 0 aliphatic carbocycles. The molecular weight excluding hydrogens is 370 g/mol. The monoisotopic (exact) mass is 391 g/mol. The smallest absolute Gasteiger partial charge is 0.250 e. The van der Waals surface area contributed by atoms with E-state index in [4.69, 9.17) is 16.6 Å². The van der Waals surface area contributed by atoms with Crippen LogP contribution in [0.25, 0.3) is 17.4 Å². The van der Waals surface area contributed by atoms with Crippen LogP contribution in [0.4, 0.5) is 11.4 Å². The summed E-state index contributed by atoms with van der Waals surface area (Å²) in [5.41, 5.74) is 2.87. The van der Waals surface area contributed by atoms with E-state index in [1.165, 1.54) is 6.08 Å². The number of nitrogens with one attached hydrogen (secondary N) is 2. The van der Waals surface area contributed by atoms with Crippen molar-refractivity contribution in [2.45, 2.75) is 0 Å². The molecule has 0 saturated heterocycles. The molecule has 0 aliphatic heterocycles. The van der Waals surface area contributed by atoms with Crippen LogP contribution < -0.4 is 15.5 Å². The third-order valence-corrected chi connectivity index (χ3v) is 4.17. The van der Waals surface area contributed by atoms with Gasteiger partial charge in [-0.1, -0.05) is 30.3 Å². The molecule has 1 amide bonds. The number of benzene rings is 2. The Hall–Kier alpha value is -3.38. The molecule has 6 heteroatoms. The van der Waals surface area contributed by atoms with Gasteiger partial charge in [0.1, 0.15) is 11.5 Å². The van der Waals surface area contributed by atoms with E-state index in [2.05, 4.69) is 10.6 Å². The maximum absolute atomic E-state index is 12.1. The molecule has 28 heavy (non-hydrogen) atoms. The first-order valence-electron chi connectivity index (χ1n) is 8.74. The molecule has 0 fully saturated rings. The number of rotatable bonds is 5. The summed E-state index contributed by atoms with van der Waals surface area (Å²) in [5, 5.41) is 5.84. The highest BCUT2D eigenvalue weighted by molar-refractivity contribution is 7.80. The molecule has 2 N–H and O–H groups in total. The van der Waals surface area contributed by atoms with Crippen LogP contribution in [0.2, 0.25) is 0 Å². The molecule has 142 valence electrons. The zero-order valence-corrected chi connectivity index (χ0v) is 16.5. The average Bonchev–Trinajstić information content (AvgIpc) is 3.16. The molecule has 3 aromatic rings. The number of hydrogen-bond acceptors (Lipinski definition) is 4. The third kappa shape index (κ3) is 5.31. The van der Waals surface area contributed by atoms with E-state index in [-0.39, 0.29) is 11.0 Å². The first-order valence-corrected chi connectivity index (χ1v) is 9.15. The average molecular weight is 391 g/mol. The first-order chi connectivity index (χ1) is 13.5. The number of hydrogen-bond donors (Lipinski definition) is 2. The number of nitrogens with zero attached hydrogens (tertiary/aromatic N) is 1. The van der Waals surface area contributed by atoms with Gasteiger partial charge in [0, 0.05) is 37.1 Å². The van der Waals surface area contributed by atoms with Crippen LogP contribution in [-0.2, 0) is 4.79 Å². The minimum atomic E-state index is -0.333. The minimum absolute atomic E-state index is 0.233. The minimum Gasteiger partial charge on any atom is -0.457 e. The lowest BCUT2D eigenvalue weighted by atomic mass is 10.2. The second-order valence-corrected chi connectivity index (χ2v) is 6.69. The summed E-state index contributed by atoms with van der Waals surface area (Å²) in [5.74, 6) is 1.01. The number of amides is 1. The summed E-state index contributed by atoms with van der Waals surface area (Å²) in [6, 6.07) is 21.2. The quantitative estimate of drug-likeness (QED) is 0.494. The third-order valence-electron chi connectivity index (χ3n) is 3.96. The maximum atomic E-state index is 12.1. The molecule has 0 bridgehead atoms. The second-order valence-electron chi connectivity index (χ2n) is 6.29. The van der Waals surface area contributed by atoms with Gasteiger partial charge in [-0.25, -0.2) is 0 Å². The van der Waals surface area contributed by atoms with Crippen LogP contribution in [0.3, 0.4) is 0 Å². The Morgan fingerprint density at radius 3 is 2.39 bits per heavy atom. The van der Waals surface area contributed by atoms with Crippen LogP contribution in [0, 0.1) is 0 Å². The van der Waals surface area contributed by atoms with Crippen molar-refractivity contribution in [2.24, 2.45) is 0 Å². The molecule has 1 heterocycles. The number of furan rings is 1. The molecule has 2 aromatic carbocycles. The van der Waals surface area contributed by atoms with Gasteiger partial charge in [0.15, 0.2) is 5.11 Å². The van der Waals surface area contributed by atoms with Gasteiger partial charge in [0.25, 0.3) is 0 Å². The van der Waals surface area contributed by atoms with Crippen molar-refractivity contribution in [2.75, 3.05) is 24.3 Å². The van der Waals surface area contributed by atoms with Crippen LogP contribution in [0.5, 0.6) is 0 Å². The first kappa shape index (κ1) is 19.4. The van der Waals surface area contributed by atoms with Crippen molar-refractivity contribution in [3.8, 4) is 11.3 Å². The fourth-order valence-electron chi connectivity index (χ4n) is 2.52. The SMILES string of the molecule is CN(C)c1ccc(NC(=S)NC(=O)/C=C/c2ccc(-c3ccccc3)o2)cc1. The molecule has 0 radical (unpaired) electrons. The molecule has 5 nitrogen and oxygen atoms in total. The standard InChI is InChI=1S/C22H21N3O2S/c1-25(2)18-10-8-17(9-11-18)23-22(28)24-21(26)15-13-19-12-14-20(27-19)16-6-4-3-5-7-16/h3-15H,1-2H3,(H2,23,24,26,28)/b15-13+. The van der Waals surface area contributed by atoms with E-state index < -0.39 is 0 Å². The molecule has 3 rings (SSSR count). The Kier molecular flexibility index (Phi) is 6.24. The Morgan fingerprint density at radius 1 is 1.00 bits per heavy atom. The largest absolute Gasteiger partial charge is 0.457 e. The highest BCUT2D eigenvalue weighted by Gasteiger charge is 2.05. The molecule has 0 saturated carbocycles. The molecule has 0 unspecified atom stereocenters. The summed E-state index contributed by atoms with van der Waals surface area (Å²) in [4.78, 5) is 14.1. The maximum Gasteiger partial charge on any atom is 0.250 e. The van der Waals surface area contributed by atoms with Crippen LogP contribution in [-0.4, -0.2) is 25.1 Å². The Labute approximate surface area is 169 Å². The molecule has 1 aromatic heterocycles. The zero-order valence-electron chi connectivity index (χ0n) is 15.7. The van der Waals surface area contributed by atoms with Crippen molar-refractivity contribution < 1.29 is 9.21 Å². The van der Waals surface area contributed by atoms with E-state index in [0.29, 0.717) is 5.76 Å². The van der Waals surface area contributed by atoms with Crippen LogP contribution in [0.1, 0.15) is 5.76 Å². The second kappa shape index (κ2) is 9.01. The number of carbonyl (C=O) groups excluding carboxylic acids is 1. The normalized spacial score (nSPS) is 10.6. The Bertz CT molecular complexity index is 977. The highest BCUT2D eigenvalue weighted by Crippen LogP contribution is 2.22. The Balaban J connectivity index is 1.53. The predicted molar refractivity (Wildman–Crippen MR) is 118 cm³/mol. The summed E-state index contributed by atoms with van der Waals surface area (Å²) >= 11 is 5.18. The molecule has 0 atom stereocenters. The van der Waals surface area contributed by atoms with Crippen LogP contribution >= 0.6 is 12.2 Å². The topological polar surface area (TPSA) is 57.5 Å². The van der Waals surface area contributed by atoms with Crippen molar-refractivity contribution in [1.82, 2.24) is 5.32 Å². The lowest BCUT2D eigenvalue weighted by Gasteiger charge is -2.13. The molecule has 0 aliphatic rings. The number of thiocarbonyl (C=S) groups is 1. The number of carbonyl (C=O) groups is 1. The fourth-order valence-corrected chi connectivity index (χ4v) is 2.74. The van der Waals surface area contributed by atoms with Gasteiger partial charge in [-0.2, -0.15) is 0 Å². The van der Waals surface area contributed by atoms with Crippen molar-refractivity contribution in [1.29, 1.82) is 0 Å². The van der Waals surface area contributed by atoms with E-state index in [1.54, 1.807) is 6.08 Å². The van der Waals surface area contributed by atoms with Gasteiger partial charge < -0.3 is 14.6 Å². The van der Waals surface area contributed by atoms with Crippen molar-refractivity contribution in [3.63, 3.8) is 0 Å². The van der Waals surface area contributed by atoms with Gasteiger partial charge in [0.2, 0.25) is 5.91 Å². The molecular formula is C22H21N3O2S. The summed E-state index contributed by atoms with van der Waals surface area (Å²) in [6.07, 6.45) is 2.99. The summed E-state index contributed by atoms with van der Waals surface area (Å²) in [6.45, 7) is 0. The van der Waals surface area contributed by atoms with Gasteiger partial charge in [0.05, 0.1) is 0 Å². The van der Waals surface area contributed by atoms with Gasteiger partial charge in [-0.05, 0) is 54.7 Å². The lowest BCUT2D eigenvalue weighted by Crippen LogP contribution is -2.32. The van der Waals surface area contributed by atoms with Crippen molar-refractivity contribution in [3.05, 3.63) is 78.6 Å². The van der Waals surface area contributed by atoms with E-state index in [1.807, 2.05) is 85.7 Å². The summed E-state index contributed by atoms with van der Waals surface area (Å²) < 4.78 is 5.73. The van der Waals surface area contributed by atoms with Gasteiger partial charge >= 0.3 is 0 Å². The highest BCUT2D eigenvalue weighted by atomic mass is 32.1. The predicted octanol–water partition coefficient (Wildman–Crippen LogP) is 4.54.